The lowest BCUT2D eigenvalue weighted by Crippen LogP contribution is -2.21. The average molecular weight is 328 g/mol. The van der Waals surface area contributed by atoms with Crippen LogP contribution in [-0.4, -0.2) is 33.4 Å². The molecule has 0 unspecified atom stereocenters. The van der Waals surface area contributed by atoms with Gasteiger partial charge in [-0.2, -0.15) is 0 Å². The molecule has 0 aliphatic carbocycles. The van der Waals surface area contributed by atoms with Crippen LogP contribution in [0, 0.1) is 5.92 Å². The SMILES string of the molecule is Nc1cc(-c2nnnn2CC2CCOCC2)cc(Cl)c1Cl. The van der Waals surface area contributed by atoms with Gasteiger partial charge in [0.2, 0.25) is 0 Å². The fraction of sp³-hybridized carbons (Fsp3) is 0.462. The van der Waals surface area contributed by atoms with Crippen LogP contribution in [0.5, 0.6) is 0 Å². The first-order valence-electron chi connectivity index (χ1n) is 6.74. The molecule has 1 fully saturated rings. The number of halogens is 2. The number of hydrogen-bond acceptors (Lipinski definition) is 5. The predicted octanol–water partition coefficient (Wildman–Crippen LogP) is 2.66. The van der Waals surface area contributed by atoms with Crippen LogP contribution in [0.3, 0.4) is 0 Å². The van der Waals surface area contributed by atoms with Crippen molar-refractivity contribution in [2.45, 2.75) is 19.4 Å². The lowest BCUT2D eigenvalue weighted by atomic mass is 10.0. The molecule has 1 aromatic carbocycles. The third kappa shape index (κ3) is 3.12. The highest BCUT2D eigenvalue weighted by molar-refractivity contribution is 6.43. The molecule has 1 aliphatic rings. The summed E-state index contributed by atoms with van der Waals surface area (Å²) >= 11 is 12.1. The van der Waals surface area contributed by atoms with Crippen LogP contribution in [0.4, 0.5) is 5.69 Å². The number of nitrogen functional groups attached to an aromatic ring is 1. The van der Waals surface area contributed by atoms with Gasteiger partial charge in [0.1, 0.15) is 0 Å². The Hall–Kier alpha value is -1.37. The van der Waals surface area contributed by atoms with E-state index in [0.29, 0.717) is 27.5 Å². The third-order valence-electron chi connectivity index (χ3n) is 3.62. The van der Waals surface area contributed by atoms with Crippen LogP contribution >= 0.6 is 23.2 Å². The van der Waals surface area contributed by atoms with E-state index in [-0.39, 0.29) is 0 Å². The number of tetrazole rings is 1. The quantitative estimate of drug-likeness (QED) is 0.876. The molecule has 0 spiro atoms. The monoisotopic (exact) mass is 327 g/mol. The van der Waals surface area contributed by atoms with Gasteiger partial charge in [-0.05, 0) is 41.3 Å². The van der Waals surface area contributed by atoms with Gasteiger partial charge >= 0.3 is 0 Å². The maximum Gasteiger partial charge on any atom is 0.182 e. The molecule has 3 rings (SSSR count). The second kappa shape index (κ2) is 6.17. The van der Waals surface area contributed by atoms with Gasteiger partial charge in [-0.25, -0.2) is 4.68 Å². The Morgan fingerprint density at radius 3 is 2.76 bits per heavy atom. The van der Waals surface area contributed by atoms with Crippen molar-refractivity contribution < 1.29 is 4.74 Å². The van der Waals surface area contributed by atoms with Crippen molar-refractivity contribution in [2.24, 2.45) is 5.92 Å². The van der Waals surface area contributed by atoms with E-state index >= 15 is 0 Å². The number of ether oxygens (including phenoxy) is 1. The zero-order valence-electron chi connectivity index (χ0n) is 11.3. The van der Waals surface area contributed by atoms with Crippen LogP contribution < -0.4 is 5.73 Å². The third-order valence-corrected chi connectivity index (χ3v) is 4.44. The summed E-state index contributed by atoms with van der Waals surface area (Å²) < 4.78 is 7.16. The summed E-state index contributed by atoms with van der Waals surface area (Å²) in [5.74, 6) is 1.16. The van der Waals surface area contributed by atoms with Crippen LogP contribution in [-0.2, 0) is 11.3 Å². The first-order valence-corrected chi connectivity index (χ1v) is 7.49. The lowest BCUT2D eigenvalue weighted by molar-refractivity contribution is 0.0601. The highest BCUT2D eigenvalue weighted by Crippen LogP contribution is 2.33. The minimum absolute atomic E-state index is 0.351. The van der Waals surface area contributed by atoms with E-state index in [1.807, 2.05) is 0 Å². The van der Waals surface area contributed by atoms with Crippen molar-refractivity contribution in [1.29, 1.82) is 0 Å². The Balaban J connectivity index is 1.88. The largest absolute Gasteiger partial charge is 0.397 e. The van der Waals surface area contributed by atoms with Crippen molar-refractivity contribution in [1.82, 2.24) is 20.2 Å². The molecule has 1 aliphatic heterocycles. The molecule has 6 nitrogen and oxygen atoms in total. The molecule has 0 bridgehead atoms. The molecule has 2 heterocycles. The van der Waals surface area contributed by atoms with E-state index < -0.39 is 0 Å². The molecule has 21 heavy (non-hydrogen) atoms. The van der Waals surface area contributed by atoms with Crippen LogP contribution in [0.15, 0.2) is 12.1 Å². The minimum atomic E-state index is 0.351. The molecule has 2 aromatic rings. The second-order valence-corrected chi connectivity index (χ2v) is 5.89. The minimum Gasteiger partial charge on any atom is -0.397 e. The molecule has 2 N–H and O–H groups in total. The Kier molecular flexibility index (Phi) is 4.28. The average Bonchev–Trinajstić information content (AvgIpc) is 2.93. The van der Waals surface area contributed by atoms with Crippen LogP contribution in [0.2, 0.25) is 10.0 Å². The topological polar surface area (TPSA) is 78.9 Å². The molecule has 8 heteroatoms. The summed E-state index contributed by atoms with van der Waals surface area (Å²) in [4.78, 5) is 0. The fourth-order valence-corrected chi connectivity index (χ4v) is 2.78. The molecule has 0 atom stereocenters. The highest BCUT2D eigenvalue weighted by Gasteiger charge is 2.19. The molecule has 0 saturated carbocycles. The van der Waals surface area contributed by atoms with Gasteiger partial charge in [0.05, 0.1) is 15.7 Å². The molecule has 1 saturated heterocycles. The first-order chi connectivity index (χ1) is 10.1. The van der Waals surface area contributed by atoms with Crippen molar-refractivity contribution in [2.75, 3.05) is 18.9 Å². The molecular formula is C13H15Cl2N5O. The molecular weight excluding hydrogens is 313 g/mol. The Bertz CT molecular complexity index is 616. The first kappa shape index (κ1) is 14.6. The second-order valence-electron chi connectivity index (χ2n) is 5.10. The van der Waals surface area contributed by atoms with Crippen molar-refractivity contribution in [3.05, 3.63) is 22.2 Å². The molecule has 1 aromatic heterocycles. The number of anilines is 1. The number of rotatable bonds is 3. The van der Waals surface area contributed by atoms with Crippen molar-refractivity contribution >= 4 is 28.9 Å². The zero-order chi connectivity index (χ0) is 14.8. The molecule has 112 valence electrons. The number of nitrogens with zero attached hydrogens (tertiary/aromatic N) is 4. The molecule has 0 amide bonds. The van der Waals surface area contributed by atoms with E-state index in [9.17, 15) is 0 Å². The van der Waals surface area contributed by atoms with Gasteiger partial charge < -0.3 is 10.5 Å². The van der Waals surface area contributed by atoms with E-state index in [2.05, 4.69) is 15.5 Å². The summed E-state index contributed by atoms with van der Waals surface area (Å²) in [6.45, 7) is 2.34. The maximum absolute atomic E-state index is 6.07. The van der Waals surface area contributed by atoms with E-state index in [1.165, 1.54) is 0 Å². The van der Waals surface area contributed by atoms with Crippen LogP contribution in [0.1, 0.15) is 12.8 Å². The van der Waals surface area contributed by atoms with E-state index in [1.54, 1.807) is 16.8 Å². The van der Waals surface area contributed by atoms with Crippen molar-refractivity contribution in [3.8, 4) is 11.4 Å². The summed E-state index contributed by atoms with van der Waals surface area (Å²) in [5, 5.41) is 12.7. The molecule has 0 radical (unpaired) electrons. The highest BCUT2D eigenvalue weighted by atomic mass is 35.5. The number of aromatic nitrogens is 4. The van der Waals surface area contributed by atoms with Gasteiger partial charge in [0.15, 0.2) is 5.82 Å². The summed E-state index contributed by atoms with van der Waals surface area (Å²) in [6.07, 6.45) is 2.03. The smallest absolute Gasteiger partial charge is 0.182 e. The fourth-order valence-electron chi connectivity index (χ4n) is 2.45. The van der Waals surface area contributed by atoms with Crippen molar-refractivity contribution in [3.63, 3.8) is 0 Å². The normalized spacial score (nSPS) is 16.3. The summed E-state index contributed by atoms with van der Waals surface area (Å²) in [7, 11) is 0. The van der Waals surface area contributed by atoms with Gasteiger partial charge in [-0.15, -0.1) is 5.10 Å². The van der Waals surface area contributed by atoms with Gasteiger partial charge in [0.25, 0.3) is 0 Å². The Labute approximate surface area is 132 Å². The zero-order valence-corrected chi connectivity index (χ0v) is 12.8. The summed E-state index contributed by atoms with van der Waals surface area (Å²) in [6, 6.07) is 3.47. The number of benzene rings is 1. The predicted molar refractivity (Wildman–Crippen MR) is 81.2 cm³/mol. The van der Waals surface area contributed by atoms with E-state index in [4.69, 9.17) is 33.7 Å². The van der Waals surface area contributed by atoms with Gasteiger partial charge in [-0.1, -0.05) is 23.2 Å². The summed E-state index contributed by atoms with van der Waals surface area (Å²) in [5.41, 5.74) is 7.03. The van der Waals surface area contributed by atoms with Crippen LogP contribution in [0.25, 0.3) is 11.4 Å². The standard InChI is InChI=1S/C13H15Cl2N5O/c14-10-5-9(6-11(16)12(10)15)13-17-18-19-20(13)7-8-1-3-21-4-2-8/h5-6,8H,1-4,7,16H2. The number of nitrogens with two attached hydrogens (primary N) is 1. The maximum atomic E-state index is 6.07. The Morgan fingerprint density at radius 1 is 1.29 bits per heavy atom. The number of hydrogen-bond donors (Lipinski definition) is 1. The lowest BCUT2D eigenvalue weighted by Gasteiger charge is -2.21. The Morgan fingerprint density at radius 2 is 2.05 bits per heavy atom. The van der Waals surface area contributed by atoms with Gasteiger partial charge in [-0.3, -0.25) is 0 Å². The van der Waals surface area contributed by atoms with E-state index in [0.717, 1.165) is 38.2 Å². The van der Waals surface area contributed by atoms with Gasteiger partial charge in [0, 0.05) is 25.3 Å².